The third-order valence-corrected chi connectivity index (χ3v) is 4.35. The van der Waals surface area contributed by atoms with E-state index >= 15 is 0 Å². The van der Waals surface area contributed by atoms with Gasteiger partial charge < -0.3 is 4.74 Å². The lowest BCUT2D eigenvalue weighted by atomic mass is 9.86. The maximum atomic E-state index is 12.4. The summed E-state index contributed by atoms with van der Waals surface area (Å²) in [4.78, 5) is 24.2. The van der Waals surface area contributed by atoms with Gasteiger partial charge >= 0.3 is 5.97 Å². The first-order valence-electron chi connectivity index (χ1n) is 8.54. The standard InChI is InChI=1S/C21H22N2O3/c1-13-11-14(21(2,3)4)9-10-18(13)26-19(24)12-17-15-7-5-6-8-16(15)20(25)23-22-17/h5-11H,12H2,1-4H3,(H,23,25). The van der Waals surface area contributed by atoms with E-state index in [-0.39, 0.29) is 17.4 Å². The molecule has 2 aromatic carbocycles. The summed E-state index contributed by atoms with van der Waals surface area (Å²) in [5.74, 6) is 0.123. The maximum Gasteiger partial charge on any atom is 0.317 e. The van der Waals surface area contributed by atoms with Gasteiger partial charge in [-0.1, -0.05) is 51.1 Å². The topological polar surface area (TPSA) is 72.0 Å². The Morgan fingerprint density at radius 1 is 1.12 bits per heavy atom. The smallest absolute Gasteiger partial charge is 0.317 e. The summed E-state index contributed by atoms with van der Waals surface area (Å²) in [6.45, 7) is 8.34. The van der Waals surface area contributed by atoms with Crippen LogP contribution in [0.4, 0.5) is 0 Å². The number of aryl methyl sites for hydroxylation is 1. The average Bonchev–Trinajstić information content (AvgIpc) is 2.58. The molecule has 0 aliphatic rings. The zero-order chi connectivity index (χ0) is 18.9. The Bertz CT molecular complexity index is 1030. The molecule has 1 aromatic heterocycles. The van der Waals surface area contributed by atoms with Crippen LogP contribution in [0.1, 0.15) is 37.6 Å². The summed E-state index contributed by atoms with van der Waals surface area (Å²) in [5, 5.41) is 7.62. The molecular weight excluding hydrogens is 328 g/mol. The summed E-state index contributed by atoms with van der Waals surface area (Å²) in [6, 6.07) is 12.9. The van der Waals surface area contributed by atoms with Crippen molar-refractivity contribution in [3.8, 4) is 5.75 Å². The second-order valence-electron chi connectivity index (χ2n) is 7.43. The number of ether oxygens (including phenoxy) is 1. The largest absolute Gasteiger partial charge is 0.426 e. The molecule has 26 heavy (non-hydrogen) atoms. The first-order chi connectivity index (χ1) is 12.3. The van der Waals surface area contributed by atoms with E-state index in [0.717, 1.165) is 5.56 Å². The monoisotopic (exact) mass is 350 g/mol. The highest BCUT2D eigenvalue weighted by atomic mass is 16.5. The molecule has 0 saturated carbocycles. The van der Waals surface area contributed by atoms with Crippen LogP contribution in [0.15, 0.2) is 47.3 Å². The fraction of sp³-hybridized carbons (Fsp3) is 0.286. The van der Waals surface area contributed by atoms with Gasteiger partial charge in [0.2, 0.25) is 0 Å². The number of aromatic nitrogens is 2. The number of rotatable bonds is 3. The minimum atomic E-state index is -0.415. The number of nitrogens with zero attached hydrogens (tertiary/aromatic N) is 1. The van der Waals surface area contributed by atoms with Crippen LogP contribution in [0.5, 0.6) is 5.75 Å². The minimum Gasteiger partial charge on any atom is -0.426 e. The normalized spacial score (nSPS) is 11.5. The molecule has 0 amide bonds. The van der Waals surface area contributed by atoms with Crippen LogP contribution < -0.4 is 10.3 Å². The number of esters is 1. The van der Waals surface area contributed by atoms with E-state index < -0.39 is 5.97 Å². The fourth-order valence-electron chi connectivity index (χ4n) is 2.83. The maximum absolute atomic E-state index is 12.4. The van der Waals surface area contributed by atoms with Gasteiger partial charge in [0.1, 0.15) is 5.75 Å². The molecule has 0 bridgehead atoms. The van der Waals surface area contributed by atoms with Gasteiger partial charge in [-0.2, -0.15) is 5.10 Å². The predicted molar refractivity (Wildman–Crippen MR) is 102 cm³/mol. The highest BCUT2D eigenvalue weighted by Gasteiger charge is 2.17. The first-order valence-corrected chi connectivity index (χ1v) is 8.54. The van der Waals surface area contributed by atoms with E-state index in [4.69, 9.17) is 4.74 Å². The molecule has 0 unspecified atom stereocenters. The molecular formula is C21H22N2O3. The second-order valence-corrected chi connectivity index (χ2v) is 7.43. The lowest BCUT2D eigenvalue weighted by Crippen LogP contribution is -2.17. The molecule has 1 heterocycles. The molecule has 1 N–H and O–H groups in total. The number of nitrogens with one attached hydrogen (secondary N) is 1. The molecule has 0 atom stereocenters. The van der Waals surface area contributed by atoms with Gasteiger partial charge in [-0.25, -0.2) is 5.10 Å². The van der Waals surface area contributed by atoms with Crippen molar-refractivity contribution in [2.24, 2.45) is 0 Å². The number of aromatic amines is 1. The van der Waals surface area contributed by atoms with E-state index in [0.29, 0.717) is 22.2 Å². The lowest BCUT2D eigenvalue weighted by Gasteiger charge is -2.20. The van der Waals surface area contributed by atoms with Gasteiger partial charge in [-0.3, -0.25) is 9.59 Å². The van der Waals surface area contributed by atoms with Crippen molar-refractivity contribution in [1.82, 2.24) is 10.2 Å². The minimum absolute atomic E-state index is 0.0161. The molecule has 5 nitrogen and oxygen atoms in total. The number of carbonyl (C=O) groups is 1. The van der Waals surface area contributed by atoms with Crippen LogP contribution in [0.3, 0.4) is 0 Å². The second kappa shape index (κ2) is 6.75. The zero-order valence-electron chi connectivity index (χ0n) is 15.4. The van der Waals surface area contributed by atoms with Crippen molar-refractivity contribution in [3.63, 3.8) is 0 Å². The van der Waals surface area contributed by atoms with Crippen molar-refractivity contribution in [2.45, 2.75) is 39.5 Å². The Balaban J connectivity index is 1.82. The van der Waals surface area contributed by atoms with Crippen LogP contribution in [-0.2, 0) is 16.6 Å². The first kappa shape index (κ1) is 17.9. The molecule has 0 spiro atoms. The number of hydrogen-bond donors (Lipinski definition) is 1. The third kappa shape index (κ3) is 3.67. The summed E-state index contributed by atoms with van der Waals surface area (Å²) in [5.41, 5.74) is 2.35. The van der Waals surface area contributed by atoms with Gasteiger partial charge in [-0.05, 0) is 35.6 Å². The summed E-state index contributed by atoms with van der Waals surface area (Å²) in [7, 11) is 0. The average molecular weight is 350 g/mol. The highest BCUT2D eigenvalue weighted by Crippen LogP contribution is 2.27. The summed E-state index contributed by atoms with van der Waals surface area (Å²) >= 11 is 0. The summed E-state index contributed by atoms with van der Waals surface area (Å²) in [6.07, 6.45) is -0.0161. The number of carbonyl (C=O) groups excluding carboxylic acids is 1. The Labute approximate surface area is 152 Å². The Kier molecular flexibility index (Phi) is 4.64. The highest BCUT2D eigenvalue weighted by molar-refractivity contribution is 5.87. The number of hydrogen-bond acceptors (Lipinski definition) is 4. The van der Waals surface area contributed by atoms with Gasteiger partial charge in [0.05, 0.1) is 17.5 Å². The molecule has 0 fully saturated rings. The van der Waals surface area contributed by atoms with Gasteiger partial charge in [0, 0.05) is 5.39 Å². The van der Waals surface area contributed by atoms with Gasteiger partial charge in [-0.15, -0.1) is 0 Å². The Hall–Kier alpha value is -2.95. The number of benzene rings is 2. The number of H-pyrrole nitrogens is 1. The van der Waals surface area contributed by atoms with E-state index in [1.54, 1.807) is 18.2 Å². The van der Waals surface area contributed by atoms with Crippen molar-refractivity contribution in [3.05, 3.63) is 69.6 Å². The van der Waals surface area contributed by atoms with Crippen molar-refractivity contribution < 1.29 is 9.53 Å². The SMILES string of the molecule is Cc1cc(C(C)(C)C)ccc1OC(=O)Cc1n[nH]c(=O)c2ccccc12. The van der Waals surface area contributed by atoms with Crippen LogP contribution in [0.25, 0.3) is 10.8 Å². The molecule has 134 valence electrons. The van der Waals surface area contributed by atoms with E-state index in [2.05, 4.69) is 31.0 Å². The fourth-order valence-corrected chi connectivity index (χ4v) is 2.83. The molecule has 3 rings (SSSR count). The van der Waals surface area contributed by atoms with Gasteiger partial charge in [0.15, 0.2) is 0 Å². The van der Waals surface area contributed by atoms with Crippen LogP contribution >= 0.6 is 0 Å². The van der Waals surface area contributed by atoms with E-state index in [9.17, 15) is 9.59 Å². The van der Waals surface area contributed by atoms with Gasteiger partial charge in [0.25, 0.3) is 5.56 Å². The summed E-state index contributed by atoms with van der Waals surface area (Å²) < 4.78 is 5.52. The van der Waals surface area contributed by atoms with Crippen molar-refractivity contribution in [1.29, 1.82) is 0 Å². The van der Waals surface area contributed by atoms with Crippen molar-refractivity contribution >= 4 is 16.7 Å². The van der Waals surface area contributed by atoms with Crippen LogP contribution in [0.2, 0.25) is 0 Å². The molecule has 0 radical (unpaired) electrons. The lowest BCUT2D eigenvalue weighted by molar-refractivity contribution is -0.133. The Morgan fingerprint density at radius 2 is 1.81 bits per heavy atom. The van der Waals surface area contributed by atoms with E-state index in [1.807, 2.05) is 31.2 Å². The number of fused-ring (bicyclic) bond motifs is 1. The quantitative estimate of drug-likeness (QED) is 0.578. The molecule has 0 aliphatic heterocycles. The molecule has 0 saturated heterocycles. The predicted octanol–water partition coefficient (Wildman–Crippen LogP) is 3.68. The molecule has 3 aromatic rings. The van der Waals surface area contributed by atoms with Crippen LogP contribution in [0, 0.1) is 6.92 Å². The zero-order valence-corrected chi connectivity index (χ0v) is 15.4. The van der Waals surface area contributed by atoms with Crippen LogP contribution in [-0.4, -0.2) is 16.2 Å². The molecule has 5 heteroatoms. The Morgan fingerprint density at radius 3 is 2.46 bits per heavy atom. The van der Waals surface area contributed by atoms with Crippen molar-refractivity contribution in [2.75, 3.05) is 0 Å². The molecule has 0 aliphatic carbocycles. The third-order valence-electron chi connectivity index (χ3n) is 4.35. The van der Waals surface area contributed by atoms with E-state index in [1.165, 1.54) is 5.56 Å².